The Morgan fingerprint density at radius 1 is 0.600 bits per heavy atom. The van der Waals surface area contributed by atoms with Crippen LogP contribution in [0, 0.1) is 0 Å². The zero-order chi connectivity index (χ0) is 40.6. The highest BCUT2D eigenvalue weighted by Crippen LogP contribution is 2.18. The second kappa shape index (κ2) is 27.2. The molecule has 1 heterocycles. The van der Waals surface area contributed by atoms with Crippen LogP contribution in [-0.2, 0) is 49.3 Å². The first-order chi connectivity index (χ1) is 26.6. The number of carbonyl (C=O) groups excluding carboxylic acids is 3. The van der Waals surface area contributed by atoms with E-state index in [1.54, 1.807) is 19.6 Å². The maximum absolute atomic E-state index is 12.9. The van der Waals surface area contributed by atoms with Crippen LogP contribution in [0.5, 0.6) is 5.75 Å². The lowest BCUT2D eigenvalue weighted by Gasteiger charge is -2.39. The minimum absolute atomic E-state index is 0.109. The molecule has 0 unspecified atom stereocenters. The van der Waals surface area contributed by atoms with Gasteiger partial charge in [0.25, 0.3) is 0 Å². The maximum atomic E-state index is 12.9. The van der Waals surface area contributed by atoms with Crippen molar-refractivity contribution in [2.75, 3.05) is 127 Å². The van der Waals surface area contributed by atoms with Gasteiger partial charge in [0.2, 0.25) is 0 Å². The molecular formula is C37H62N4O14. The molecule has 0 saturated carbocycles. The monoisotopic (exact) mass is 786 g/mol. The molecule has 1 aromatic rings. The summed E-state index contributed by atoms with van der Waals surface area (Å²) in [5, 5.41) is 41.1. The molecule has 0 bridgehead atoms. The molecular weight excluding hydrogens is 724 g/mol. The van der Waals surface area contributed by atoms with E-state index in [1.807, 2.05) is 31.2 Å². The Labute approximate surface area is 323 Å². The van der Waals surface area contributed by atoms with Crippen LogP contribution < -0.4 is 4.74 Å². The topological polar surface area (TPSA) is 218 Å². The van der Waals surface area contributed by atoms with Crippen molar-refractivity contribution >= 4 is 23.9 Å². The summed E-state index contributed by atoms with van der Waals surface area (Å²) in [6.07, 6.45) is 1.41. The molecule has 1 aliphatic heterocycles. The van der Waals surface area contributed by atoms with Gasteiger partial charge in [-0.25, -0.2) is 0 Å². The molecule has 18 nitrogen and oxygen atoms in total. The Bertz CT molecular complexity index is 1220. The molecule has 1 saturated heterocycles. The fraction of sp³-hybridized carbons (Fsp3) is 0.730. The van der Waals surface area contributed by atoms with Crippen molar-refractivity contribution in [1.82, 2.24) is 19.6 Å². The summed E-state index contributed by atoms with van der Waals surface area (Å²) in [6, 6.07) is 3.37. The molecule has 18 heteroatoms. The third kappa shape index (κ3) is 16.3. The van der Waals surface area contributed by atoms with Crippen LogP contribution in [0.15, 0.2) is 24.3 Å². The van der Waals surface area contributed by atoms with Crippen LogP contribution in [0.3, 0.4) is 0 Å². The van der Waals surface area contributed by atoms with Gasteiger partial charge in [-0.1, -0.05) is 12.1 Å². The molecule has 1 aromatic carbocycles. The minimum Gasteiger partial charge on any atom is -0.491 e. The van der Waals surface area contributed by atoms with E-state index in [0.29, 0.717) is 51.6 Å². The van der Waals surface area contributed by atoms with E-state index in [0.717, 1.165) is 5.56 Å². The second-order valence-electron chi connectivity index (χ2n) is 12.9. The van der Waals surface area contributed by atoms with E-state index in [4.69, 9.17) is 28.4 Å². The number of aliphatic hydroxyl groups is 3. The maximum Gasteiger partial charge on any atom is 0.325 e. The van der Waals surface area contributed by atoms with E-state index in [1.165, 1.54) is 21.3 Å². The molecule has 2 rings (SSSR count). The van der Waals surface area contributed by atoms with E-state index in [2.05, 4.69) is 0 Å². The number of methoxy groups -OCH3 is 3. The van der Waals surface area contributed by atoms with Gasteiger partial charge >= 0.3 is 23.9 Å². The van der Waals surface area contributed by atoms with Crippen LogP contribution in [0.1, 0.15) is 25.3 Å². The normalized spacial score (nSPS) is 17.9. The summed E-state index contributed by atoms with van der Waals surface area (Å²) in [5.74, 6) is -2.43. The van der Waals surface area contributed by atoms with E-state index in [-0.39, 0.29) is 58.8 Å². The Kier molecular flexibility index (Phi) is 23.6. The number of rotatable bonds is 23. The Morgan fingerprint density at radius 2 is 0.982 bits per heavy atom. The lowest BCUT2D eigenvalue weighted by molar-refractivity contribution is -0.153. The number of carboxylic acids is 1. The van der Waals surface area contributed by atoms with Crippen LogP contribution in [-0.4, -0.2) is 215 Å². The lowest BCUT2D eigenvalue weighted by Crippen LogP contribution is -2.57. The largest absolute Gasteiger partial charge is 0.491 e. The third-order valence-corrected chi connectivity index (χ3v) is 9.62. The quantitative estimate of drug-likeness (QED) is 0.0577. The number of nitrogens with zero attached hydrogens (tertiary/aromatic N) is 4. The standard InChI is InChI=1S/C37H62N4O14/c1-5-53-21-22-54-23-24-55-29-11-9-28(10-12-29)7-6-8-30(34(45)46)38-13-15-39(31(25-42)35(47)50-2)17-19-41(33(27-44)37(49)52-4)20-18-40(16-14-38)32(26-43)36(48)51-3/h9-12,30-33,42-44H,5-8,13-27H2,1-4H3,(H,45,46)/t30-,31-,32+,33+/m0/s1. The number of carbonyl (C=O) groups is 4. The molecule has 1 aliphatic rings. The number of aliphatic carboxylic acids is 1. The number of hydrogen-bond donors (Lipinski definition) is 4. The van der Waals surface area contributed by atoms with Crippen molar-refractivity contribution in [3.63, 3.8) is 0 Å². The molecule has 0 aliphatic carbocycles. The van der Waals surface area contributed by atoms with Crippen LogP contribution in [0.4, 0.5) is 0 Å². The minimum atomic E-state index is -1.08. The number of carboxylic acid groups (broad SMARTS) is 1. The van der Waals surface area contributed by atoms with E-state index < -0.39 is 67.9 Å². The number of ether oxygens (including phenoxy) is 6. The first-order valence-corrected chi connectivity index (χ1v) is 18.7. The zero-order valence-electron chi connectivity index (χ0n) is 32.7. The van der Waals surface area contributed by atoms with Gasteiger partial charge in [0.15, 0.2) is 0 Å². The van der Waals surface area contributed by atoms with E-state index >= 15 is 0 Å². The fourth-order valence-electron chi connectivity index (χ4n) is 6.44. The van der Waals surface area contributed by atoms with Crippen LogP contribution in [0.2, 0.25) is 0 Å². The van der Waals surface area contributed by atoms with Gasteiger partial charge in [-0.05, 0) is 43.9 Å². The average Bonchev–Trinajstić information content (AvgIpc) is 3.19. The number of aliphatic hydroxyl groups excluding tert-OH is 3. The molecule has 55 heavy (non-hydrogen) atoms. The van der Waals surface area contributed by atoms with Gasteiger partial charge in [0.1, 0.15) is 36.5 Å². The first kappa shape index (κ1) is 47.7. The average molecular weight is 787 g/mol. The Balaban J connectivity index is 2.29. The van der Waals surface area contributed by atoms with Crippen LogP contribution >= 0.6 is 0 Å². The molecule has 0 aromatic heterocycles. The Morgan fingerprint density at radius 3 is 1.35 bits per heavy atom. The summed E-state index contributed by atoms with van der Waals surface area (Å²) < 4.78 is 31.3. The summed E-state index contributed by atoms with van der Waals surface area (Å²) in [7, 11) is 3.60. The molecule has 1 fully saturated rings. The molecule has 0 spiro atoms. The SMILES string of the molecule is CCOCCOCCOc1ccc(CCC[C@@H](C(=O)O)N2CCN([C@H](CO)C(=O)OC)CCN([C@H](CO)C(=O)OC)CCN([C@@H](CO)C(=O)OC)CC2)cc1. The third-order valence-electron chi connectivity index (χ3n) is 9.62. The van der Waals surface area contributed by atoms with Crippen molar-refractivity contribution in [3.8, 4) is 5.75 Å². The van der Waals surface area contributed by atoms with Gasteiger partial charge in [0, 0.05) is 59.0 Å². The number of esters is 3. The summed E-state index contributed by atoms with van der Waals surface area (Å²) >= 11 is 0. The van der Waals surface area contributed by atoms with E-state index in [9.17, 15) is 39.6 Å². The van der Waals surface area contributed by atoms with Gasteiger partial charge in [-0.15, -0.1) is 0 Å². The summed E-state index contributed by atoms with van der Waals surface area (Å²) in [5.41, 5.74) is 1.00. The molecule has 0 radical (unpaired) electrons. The Hall–Kier alpha value is -3.46. The van der Waals surface area contributed by atoms with Gasteiger partial charge in [-0.2, -0.15) is 0 Å². The predicted molar refractivity (Wildman–Crippen MR) is 199 cm³/mol. The van der Waals surface area contributed by atoms with Crippen molar-refractivity contribution in [2.24, 2.45) is 0 Å². The van der Waals surface area contributed by atoms with Crippen molar-refractivity contribution in [2.45, 2.75) is 50.4 Å². The second-order valence-corrected chi connectivity index (χ2v) is 12.9. The lowest BCUT2D eigenvalue weighted by atomic mass is 10.0. The summed E-state index contributed by atoms with van der Waals surface area (Å²) in [4.78, 5) is 57.8. The van der Waals surface area contributed by atoms with Crippen molar-refractivity contribution < 1.29 is 68.0 Å². The highest BCUT2D eigenvalue weighted by atomic mass is 16.5. The first-order valence-electron chi connectivity index (χ1n) is 18.7. The van der Waals surface area contributed by atoms with Crippen LogP contribution in [0.25, 0.3) is 0 Å². The highest BCUT2D eigenvalue weighted by molar-refractivity contribution is 5.77. The predicted octanol–water partition coefficient (Wildman–Crippen LogP) is -1.28. The molecule has 314 valence electrons. The number of hydrogen-bond acceptors (Lipinski definition) is 17. The fourth-order valence-corrected chi connectivity index (χ4v) is 6.44. The molecule has 4 atom stereocenters. The molecule has 4 N–H and O–H groups in total. The number of benzene rings is 1. The smallest absolute Gasteiger partial charge is 0.325 e. The van der Waals surface area contributed by atoms with Crippen molar-refractivity contribution in [1.29, 1.82) is 0 Å². The number of aryl methyl sites for hydroxylation is 1. The summed E-state index contributed by atoms with van der Waals surface area (Å²) in [6.45, 7) is 3.66. The van der Waals surface area contributed by atoms with Crippen molar-refractivity contribution in [3.05, 3.63) is 29.8 Å². The zero-order valence-corrected chi connectivity index (χ0v) is 32.7. The van der Waals surface area contributed by atoms with Gasteiger partial charge < -0.3 is 48.8 Å². The highest BCUT2D eigenvalue weighted by Gasteiger charge is 2.35. The molecule has 0 amide bonds. The van der Waals surface area contributed by atoms with Gasteiger partial charge in [-0.3, -0.25) is 38.8 Å². The van der Waals surface area contributed by atoms with Gasteiger partial charge in [0.05, 0.1) is 61.0 Å².